The Morgan fingerprint density at radius 3 is 2.14 bits per heavy atom. The predicted molar refractivity (Wildman–Crippen MR) is 105 cm³/mol. The van der Waals surface area contributed by atoms with Gasteiger partial charge in [0.15, 0.2) is 11.3 Å². The number of ether oxygens (including phenoxy) is 1. The molecule has 1 fully saturated rings. The summed E-state index contributed by atoms with van der Waals surface area (Å²) in [5.74, 6) is 1.30. The first kappa shape index (κ1) is 17.9. The van der Waals surface area contributed by atoms with Crippen molar-refractivity contribution in [2.24, 2.45) is 11.8 Å². The second kappa shape index (κ2) is 6.59. The lowest BCUT2D eigenvalue weighted by Gasteiger charge is -2.23. The second-order valence-electron chi connectivity index (χ2n) is 7.94. The average molecular weight is 368 g/mol. The summed E-state index contributed by atoms with van der Waals surface area (Å²) in [5.41, 5.74) is 1.87. The van der Waals surface area contributed by atoms with Crippen molar-refractivity contribution in [3.05, 3.63) is 58.9 Å². The Labute approximate surface area is 164 Å². The minimum atomic E-state index is -0.803. The van der Waals surface area contributed by atoms with Crippen molar-refractivity contribution in [1.29, 1.82) is 15.8 Å². The topological polar surface area (TPSA) is 92.6 Å². The first-order valence-corrected chi connectivity index (χ1v) is 9.42. The number of fused-ring (bicyclic) bond motifs is 2. The zero-order valence-electron chi connectivity index (χ0n) is 15.9. The molecular formula is C23H20N4O. The van der Waals surface area contributed by atoms with Crippen molar-refractivity contribution in [2.75, 3.05) is 5.32 Å². The zero-order chi connectivity index (χ0) is 19.9. The van der Waals surface area contributed by atoms with Crippen LogP contribution in [0.3, 0.4) is 0 Å². The SMILES string of the molecule is CC1(C)OC(=C(C#N)C#N)C(C#N)=C1c1ccc(NC2C3C=CC2CC3)cc1. The van der Waals surface area contributed by atoms with Crippen molar-refractivity contribution >= 4 is 11.3 Å². The molecule has 2 bridgehead atoms. The molecule has 2 aliphatic carbocycles. The molecule has 3 aliphatic rings. The second-order valence-corrected chi connectivity index (χ2v) is 7.94. The average Bonchev–Trinajstić information content (AvgIpc) is 3.34. The molecule has 0 spiro atoms. The Hall–Kier alpha value is -3.49. The fourth-order valence-corrected chi connectivity index (χ4v) is 4.59. The number of benzene rings is 1. The van der Waals surface area contributed by atoms with E-state index >= 15 is 0 Å². The monoisotopic (exact) mass is 368 g/mol. The van der Waals surface area contributed by atoms with Crippen LogP contribution in [0.1, 0.15) is 32.3 Å². The highest BCUT2D eigenvalue weighted by molar-refractivity contribution is 5.84. The van der Waals surface area contributed by atoms with E-state index < -0.39 is 5.60 Å². The van der Waals surface area contributed by atoms with E-state index in [2.05, 4.69) is 23.5 Å². The zero-order valence-corrected chi connectivity index (χ0v) is 15.9. The van der Waals surface area contributed by atoms with Crippen molar-refractivity contribution in [3.8, 4) is 18.2 Å². The van der Waals surface area contributed by atoms with Crippen molar-refractivity contribution in [2.45, 2.75) is 38.3 Å². The molecule has 2 unspecified atom stereocenters. The third-order valence-electron chi connectivity index (χ3n) is 5.87. The third-order valence-corrected chi connectivity index (χ3v) is 5.87. The number of nitrogens with zero attached hydrogens (tertiary/aromatic N) is 3. The molecule has 1 aliphatic heterocycles. The van der Waals surface area contributed by atoms with Gasteiger partial charge in [0.1, 0.15) is 29.4 Å². The van der Waals surface area contributed by atoms with Gasteiger partial charge in [0.2, 0.25) is 0 Å². The molecule has 1 N–H and O–H groups in total. The highest BCUT2D eigenvalue weighted by atomic mass is 16.5. The van der Waals surface area contributed by atoms with E-state index in [1.54, 1.807) is 0 Å². The fraction of sp³-hybridized carbons (Fsp3) is 0.348. The lowest BCUT2D eigenvalue weighted by molar-refractivity contribution is 0.109. The molecule has 28 heavy (non-hydrogen) atoms. The number of nitrogens with one attached hydrogen (secondary N) is 1. The quantitative estimate of drug-likeness (QED) is 0.628. The molecule has 0 saturated heterocycles. The Morgan fingerprint density at radius 1 is 1.04 bits per heavy atom. The van der Waals surface area contributed by atoms with Crippen LogP contribution in [0.25, 0.3) is 5.57 Å². The van der Waals surface area contributed by atoms with Gasteiger partial charge in [0.25, 0.3) is 0 Å². The van der Waals surface area contributed by atoms with Gasteiger partial charge in [-0.15, -0.1) is 0 Å². The van der Waals surface area contributed by atoms with Gasteiger partial charge in [0.05, 0.1) is 0 Å². The van der Waals surface area contributed by atoms with Crippen molar-refractivity contribution in [3.63, 3.8) is 0 Å². The lowest BCUT2D eigenvalue weighted by Crippen LogP contribution is -2.25. The Bertz CT molecular complexity index is 1010. The van der Waals surface area contributed by atoms with Crippen LogP contribution >= 0.6 is 0 Å². The molecule has 5 heteroatoms. The minimum Gasteiger partial charge on any atom is -0.480 e. The summed E-state index contributed by atoms with van der Waals surface area (Å²) in [6, 6.07) is 14.2. The highest BCUT2D eigenvalue weighted by Crippen LogP contribution is 2.45. The van der Waals surface area contributed by atoms with E-state index in [0.29, 0.717) is 23.5 Å². The molecule has 1 saturated carbocycles. The minimum absolute atomic E-state index is 0.0725. The smallest absolute Gasteiger partial charge is 0.172 e. The number of hydrogen-bond acceptors (Lipinski definition) is 5. The fourth-order valence-electron chi connectivity index (χ4n) is 4.59. The maximum Gasteiger partial charge on any atom is 0.172 e. The van der Waals surface area contributed by atoms with Crippen molar-refractivity contribution < 1.29 is 4.74 Å². The van der Waals surface area contributed by atoms with E-state index in [9.17, 15) is 15.8 Å². The summed E-state index contributed by atoms with van der Waals surface area (Å²) in [4.78, 5) is 0. The molecular weight excluding hydrogens is 348 g/mol. The van der Waals surface area contributed by atoms with Gasteiger partial charge < -0.3 is 10.1 Å². The first-order chi connectivity index (χ1) is 13.5. The van der Waals surface area contributed by atoms with Crippen LogP contribution in [-0.2, 0) is 4.74 Å². The van der Waals surface area contributed by atoms with Crippen LogP contribution in [0.2, 0.25) is 0 Å². The van der Waals surface area contributed by atoms with Crippen LogP contribution < -0.4 is 5.32 Å². The molecule has 1 aromatic rings. The number of hydrogen-bond donors (Lipinski definition) is 1. The molecule has 0 aromatic heterocycles. The van der Waals surface area contributed by atoms with Crippen LogP contribution in [0.4, 0.5) is 5.69 Å². The normalized spacial score (nSPS) is 26.4. The Kier molecular flexibility index (Phi) is 4.21. The van der Waals surface area contributed by atoms with E-state index in [1.165, 1.54) is 12.8 Å². The molecule has 4 rings (SSSR count). The maximum atomic E-state index is 9.69. The Morgan fingerprint density at radius 2 is 1.64 bits per heavy atom. The van der Waals surface area contributed by atoms with Gasteiger partial charge >= 0.3 is 0 Å². The van der Waals surface area contributed by atoms with Gasteiger partial charge in [-0.1, -0.05) is 24.3 Å². The standard InChI is InChI=1S/C23H20N4O/c1-23(2)20(19(13-26)22(28-23)17(11-24)12-25)14-7-9-18(10-8-14)27-21-15-3-4-16(21)6-5-15/h3-4,7-10,15-16,21,27H,5-6H2,1-2H3. The molecule has 2 atom stereocenters. The third kappa shape index (κ3) is 2.75. The molecule has 0 amide bonds. The van der Waals surface area contributed by atoms with E-state index in [-0.39, 0.29) is 16.9 Å². The van der Waals surface area contributed by atoms with Gasteiger partial charge in [-0.2, -0.15) is 15.8 Å². The number of rotatable bonds is 3. The number of allylic oxidation sites excluding steroid dienone is 2. The summed E-state index contributed by atoms with van der Waals surface area (Å²) in [7, 11) is 0. The highest BCUT2D eigenvalue weighted by Gasteiger charge is 2.41. The van der Waals surface area contributed by atoms with E-state index in [0.717, 1.165) is 11.3 Å². The summed E-state index contributed by atoms with van der Waals surface area (Å²) < 4.78 is 5.85. The van der Waals surface area contributed by atoms with E-state index in [4.69, 9.17) is 4.74 Å². The molecule has 138 valence electrons. The van der Waals surface area contributed by atoms with Crippen LogP contribution in [0, 0.1) is 45.8 Å². The largest absolute Gasteiger partial charge is 0.480 e. The Balaban J connectivity index is 1.67. The summed E-state index contributed by atoms with van der Waals surface area (Å²) in [5, 5.41) is 31.7. The first-order valence-electron chi connectivity index (χ1n) is 9.42. The predicted octanol–water partition coefficient (Wildman–Crippen LogP) is 4.45. The molecule has 0 radical (unpaired) electrons. The van der Waals surface area contributed by atoms with Crippen LogP contribution in [0.15, 0.2) is 53.3 Å². The molecule has 1 aromatic carbocycles. The van der Waals surface area contributed by atoms with Crippen LogP contribution in [-0.4, -0.2) is 11.6 Å². The molecule has 5 nitrogen and oxygen atoms in total. The van der Waals surface area contributed by atoms with E-state index in [1.807, 2.05) is 50.3 Å². The molecule has 1 heterocycles. The van der Waals surface area contributed by atoms with Gasteiger partial charge in [-0.25, -0.2) is 0 Å². The number of anilines is 1. The summed E-state index contributed by atoms with van der Waals surface area (Å²) in [6.07, 6.45) is 7.13. The summed E-state index contributed by atoms with van der Waals surface area (Å²) >= 11 is 0. The van der Waals surface area contributed by atoms with Crippen LogP contribution in [0.5, 0.6) is 0 Å². The maximum absolute atomic E-state index is 9.69. The van der Waals surface area contributed by atoms with Gasteiger partial charge in [0, 0.05) is 17.3 Å². The summed E-state index contributed by atoms with van der Waals surface area (Å²) in [6.45, 7) is 3.68. The van der Waals surface area contributed by atoms with Gasteiger partial charge in [-0.05, 0) is 56.2 Å². The number of nitriles is 3. The van der Waals surface area contributed by atoms with Crippen molar-refractivity contribution in [1.82, 2.24) is 0 Å². The lowest BCUT2D eigenvalue weighted by atomic mass is 9.89. The van der Waals surface area contributed by atoms with Gasteiger partial charge in [-0.3, -0.25) is 0 Å².